The highest BCUT2D eigenvalue weighted by molar-refractivity contribution is 7.89. The molecule has 2 amide bonds. The van der Waals surface area contributed by atoms with Crippen LogP contribution in [0.15, 0.2) is 24.3 Å². The SMILES string of the molecule is CC(C)S(=O)(=O)N1CCc2nc(NC(=O)Nc3ccc(C(F)(F)F)cc3)sc2C1. The molecular formula is C17H19F3N4O3S2. The quantitative estimate of drug-likeness (QED) is 0.742. The lowest BCUT2D eigenvalue weighted by Crippen LogP contribution is -2.39. The molecular weight excluding hydrogens is 429 g/mol. The second kappa shape index (κ2) is 7.92. The van der Waals surface area contributed by atoms with Crippen molar-refractivity contribution < 1.29 is 26.4 Å². The normalized spacial score (nSPS) is 15.2. The molecule has 0 bridgehead atoms. The Morgan fingerprint density at radius 1 is 1.21 bits per heavy atom. The molecule has 29 heavy (non-hydrogen) atoms. The molecule has 2 heterocycles. The van der Waals surface area contributed by atoms with Crippen LogP contribution in [0.25, 0.3) is 0 Å². The van der Waals surface area contributed by atoms with E-state index < -0.39 is 33.0 Å². The summed E-state index contributed by atoms with van der Waals surface area (Å²) in [6.45, 7) is 3.77. The minimum absolute atomic E-state index is 0.200. The number of carbonyl (C=O) groups excluding carboxylic acids is 1. The maximum atomic E-state index is 12.6. The summed E-state index contributed by atoms with van der Waals surface area (Å²) in [5, 5.41) is 4.75. The smallest absolute Gasteiger partial charge is 0.308 e. The number of fused-ring (bicyclic) bond motifs is 1. The zero-order valence-electron chi connectivity index (χ0n) is 15.6. The number of nitrogens with zero attached hydrogens (tertiary/aromatic N) is 2. The van der Waals surface area contributed by atoms with Gasteiger partial charge >= 0.3 is 12.2 Å². The Balaban J connectivity index is 1.64. The fourth-order valence-corrected chi connectivity index (χ4v) is 5.09. The molecule has 0 spiro atoms. The highest BCUT2D eigenvalue weighted by Gasteiger charge is 2.31. The van der Waals surface area contributed by atoms with E-state index in [1.165, 1.54) is 15.6 Å². The van der Waals surface area contributed by atoms with E-state index in [0.717, 1.165) is 34.8 Å². The Hall–Kier alpha value is -2.18. The summed E-state index contributed by atoms with van der Waals surface area (Å²) >= 11 is 1.17. The van der Waals surface area contributed by atoms with Crippen molar-refractivity contribution in [2.24, 2.45) is 0 Å². The van der Waals surface area contributed by atoms with Crippen molar-refractivity contribution in [2.45, 2.75) is 38.2 Å². The molecule has 3 rings (SSSR count). The van der Waals surface area contributed by atoms with E-state index in [-0.39, 0.29) is 12.2 Å². The lowest BCUT2D eigenvalue weighted by Gasteiger charge is -2.26. The number of amides is 2. The van der Waals surface area contributed by atoms with Crippen LogP contribution < -0.4 is 10.6 Å². The summed E-state index contributed by atoms with van der Waals surface area (Å²) in [6, 6.07) is 3.42. The van der Waals surface area contributed by atoms with Crippen molar-refractivity contribution >= 4 is 38.2 Å². The number of benzene rings is 1. The monoisotopic (exact) mass is 448 g/mol. The van der Waals surface area contributed by atoms with E-state index >= 15 is 0 Å². The van der Waals surface area contributed by atoms with E-state index in [2.05, 4.69) is 15.6 Å². The Labute approximate surface area is 170 Å². The van der Waals surface area contributed by atoms with Crippen LogP contribution in [0.3, 0.4) is 0 Å². The summed E-state index contributed by atoms with van der Waals surface area (Å²) in [5.41, 5.74) is 0.123. The summed E-state index contributed by atoms with van der Waals surface area (Å²) < 4.78 is 63.8. The van der Waals surface area contributed by atoms with Crippen LogP contribution >= 0.6 is 11.3 Å². The van der Waals surface area contributed by atoms with Gasteiger partial charge in [-0.1, -0.05) is 11.3 Å². The van der Waals surface area contributed by atoms with Gasteiger partial charge in [0.1, 0.15) is 0 Å². The van der Waals surface area contributed by atoms with Crippen molar-refractivity contribution in [3.05, 3.63) is 40.4 Å². The first-order valence-corrected chi connectivity index (χ1v) is 11.0. The minimum Gasteiger partial charge on any atom is -0.308 e. The Morgan fingerprint density at radius 3 is 2.45 bits per heavy atom. The number of alkyl halides is 3. The van der Waals surface area contributed by atoms with E-state index in [1.54, 1.807) is 13.8 Å². The van der Waals surface area contributed by atoms with Gasteiger partial charge in [0.25, 0.3) is 0 Å². The number of halogens is 3. The van der Waals surface area contributed by atoms with Gasteiger partial charge in [-0.05, 0) is 38.1 Å². The number of rotatable bonds is 4. The molecule has 1 aromatic heterocycles. The number of nitrogens with one attached hydrogen (secondary N) is 2. The van der Waals surface area contributed by atoms with E-state index in [1.807, 2.05) is 0 Å². The Morgan fingerprint density at radius 2 is 1.86 bits per heavy atom. The van der Waals surface area contributed by atoms with Gasteiger partial charge in [0.2, 0.25) is 10.0 Å². The topological polar surface area (TPSA) is 91.4 Å². The second-order valence-corrected chi connectivity index (χ2v) is 10.3. The third-order valence-corrected chi connectivity index (χ3v) is 7.56. The molecule has 0 fully saturated rings. The first-order chi connectivity index (χ1) is 13.5. The number of aromatic nitrogens is 1. The van der Waals surface area contributed by atoms with Crippen molar-refractivity contribution in [2.75, 3.05) is 17.2 Å². The number of sulfonamides is 1. The number of anilines is 2. The molecule has 1 aliphatic heterocycles. The maximum absolute atomic E-state index is 12.6. The molecule has 1 aromatic carbocycles. The van der Waals surface area contributed by atoms with Crippen LogP contribution in [0, 0.1) is 0 Å². The third kappa shape index (κ3) is 4.87. The number of carbonyl (C=O) groups is 1. The van der Waals surface area contributed by atoms with Crippen molar-refractivity contribution in [1.29, 1.82) is 0 Å². The average molecular weight is 448 g/mol. The van der Waals surface area contributed by atoms with Crippen LogP contribution in [0.1, 0.15) is 30.0 Å². The Bertz CT molecular complexity index is 1000. The van der Waals surface area contributed by atoms with Gasteiger partial charge in [-0.25, -0.2) is 18.2 Å². The highest BCUT2D eigenvalue weighted by Crippen LogP contribution is 2.31. The highest BCUT2D eigenvalue weighted by atomic mass is 32.2. The van der Waals surface area contributed by atoms with Crippen LogP contribution in [0.2, 0.25) is 0 Å². The zero-order chi connectivity index (χ0) is 21.4. The van der Waals surface area contributed by atoms with Gasteiger partial charge in [-0.3, -0.25) is 5.32 Å². The summed E-state index contributed by atoms with van der Waals surface area (Å²) in [5.74, 6) is 0. The van der Waals surface area contributed by atoms with Crippen molar-refractivity contribution in [1.82, 2.24) is 9.29 Å². The largest absolute Gasteiger partial charge is 0.416 e. The van der Waals surface area contributed by atoms with Gasteiger partial charge in [0.15, 0.2) is 5.13 Å². The third-order valence-electron chi connectivity index (χ3n) is 4.34. The van der Waals surface area contributed by atoms with Crippen LogP contribution in [0.5, 0.6) is 0 Å². The van der Waals surface area contributed by atoms with Crippen molar-refractivity contribution in [3.63, 3.8) is 0 Å². The summed E-state index contributed by atoms with van der Waals surface area (Å²) in [4.78, 5) is 17.2. The molecule has 12 heteroatoms. The molecule has 2 aromatic rings. The van der Waals surface area contributed by atoms with Gasteiger partial charge < -0.3 is 5.32 Å². The van der Waals surface area contributed by atoms with Gasteiger partial charge in [0.05, 0.1) is 16.5 Å². The predicted octanol–water partition coefficient (Wildman–Crippen LogP) is 3.90. The molecule has 1 aliphatic rings. The molecule has 0 saturated heterocycles. The molecule has 158 valence electrons. The second-order valence-electron chi connectivity index (χ2n) is 6.72. The van der Waals surface area contributed by atoms with Gasteiger partial charge in [0, 0.05) is 30.1 Å². The first-order valence-electron chi connectivity index (χ1n) is 8.69. The molecule has 0 atom stereocenters. The first kappa shape index (κ1) is 21.5. The van der Waals surface area contributed by atoms with E-state index in [4.69, 9.17) is 0 Å². The van der Waals surface area contributed by atoms with Crippen LogP contribution in [-0.4, -0.2) is 35.5 Å². The van der Waals surface area contributed by atoms with Crippen LogP contribution in [-0.2, 0) is 29.2 Å². The number of hydrogen-bond acceptors (Lipinski definition) is 5. The van der Waals surface area contributed by atoms with Gasteiger partial charge in [-0.2, -0.15) is 17.5 Å². The number of thiazole rings is 1. The molecule has 0 aliphatic carbocycles. The summed E-state index contributed by atoms with van der Waals surface area (Å²) in [6.07, 6.45) is -4.00. The number of urea groups is 1. The molecule has 0 saturated carbocycles. The maximum Gasteiger partial charge on any atom is 0.416 e. The lowest BCUT2D eigenvalue weighted by atomic mass is 10.2. The molecule has 0 unspecified atom stereocenters. The average Bonchev–Trinajstić information content (AvgIpc) is 3.02. The van der Waals surface area contributed by atoms with Gasteiger partial charge in [-0.15, -0.1) is 0 Å². The Kier molecular flexibility index (Phi) is 5.88. The fourth-order valence-electron chi connectivity index (χ4n) is 2.74. The molecule has 2 N–H and O–H groups in total. The summed E-state index contributed by atoms with van der Waals surface area (Å²) in [7, 11) is -3.38. The van der Waals surface area contributed by atoms with E-state index in [0.29, 0.717) is 18.1 Å². The lowest BCUT2D eigenvalue weighted by molar-refractivity contribution is -0.137. The van der Waals surface area contributed by atoms with Crippen molar-refractivity contribution in [3.8, 4) is 0 Å². The predicted molar refractivity (Wildman–Crippen MR) is 104 cm³/mol. The zero-order valence-corrected chi connectivity index (χ0v) is 17.2. The standard InChI is InChI=1S/C17H19F3N4O3S2/c1-10(2)29(26,27)24-8-7-13-14(9-24)28-16(22-13)23-15(25)21-12-5-3-11(4-6-12)17(18,19)20/h3-6,10H,7-9H2,1-2H3,(H2,21,22,23,25). The minimum atomic E-state index is -4.45. The fraction of sp³-hybridized carbons (Fsp3) is 0.412. The molecule has 7 nitrogen and oxygen atoms in total. The number of hydrogen-bond donors (Lipinski definition) is 2. The van der Waals surface area contributed by atoms with Crippen LogP contribution in [0.4, 0.5) is 28.8 Å². The molecule has 0 radical (unpaired) electrons. The van der Waals surface area contributed by atoms with E-state index in [9.17, 15) is 26.4 Å².